The molecule has 3 rings (SSSR count). The van der Waals surface area contributed by atoms with Crippen LogP contribution in [-0.4, -0.2) is 11.0 Å². The Morgan fingerprint density at radius 2 is 1.95 bits per heavy atom. The fraction of sp³-hybridized carbons (Fsp3) is 0.312. The molecule has 2 N–H and O–H groups in total. The first-order chi connectivity index (χ1) is 9.24. The molecule has 1 fully saturated rings. The van der Waals surface area contributed by atoms with Gasteiger partial charge in [0.2, 0.25) is 0 Å². The third kappa shape index (κ3) is 2.70. The molecule has 1 aromatic heterocycles. The Morgan fingerprint density at radius 1 is 1.21 bits per heavy atom. The number of nitrogen functional groups attached to an aromatic ring is 1. The second kappa shape index (κ2) is 4.92. The maximum absolute atomic E-state index is 5.74. The van der Waals surface area contributed by atoms with Crippen molar-refractivity contribution in [1.82, 2.24) is 4.98 Å². The van der Waals surface area contributed by atoms with Crippen molar-refractivity contribution in [2.45, 2.75) is 32.4 Å². The molecule has 0 aliphatic heterocycles. The average molecular weight is 253 g/mol. The molecule has 0 atom stereocenters. The van der Waals surface area contributed by atoms with Gasteiger partial charge in [-0.25, -0.2) is 4.98 Å². The van der Waals surface area contributed by atoms with Crippen LogP contribution in [0.1, 0.15) is 24.0 Å². The lowest BCUT2D eigenvalue weighted by molar-refractivity contribution is 0.774. The second-order valence-electron chi connectivity index (χ2n) is 5.24. The van der Waals surface area contributed by atoms with E-state index in [1.54, 1.807) is 0 Å². The van der Waals surface area contributed by atoms with Gasteiger partial charge in [0.15, 0.2) is 0 Å². The van der Waals surface area contributed by atoms with Gasteiger partial charge in [0.25, 0.3) is 0 Å². The van der Waals surface area contributed by atoms with Crippen molar-refractivity contribution in [2.24, 2.45) is 0 Å². The van der Waals surface area contributed by atoms with Gasteiger partial charge in [-0.05, 0) is 49.1 Å². The van der Waals surface area contributed by atoms with Crippen LogP contribution in [0, 0.1) is 6.92 Å². The van der Waals surface area contributed by atoms with Crippen LogP contribution in [0.4, 0.5) is 11.5 Å². The molecule has 1 aliphatic carbocycles. The van der Waals surface area contributed by atoms with Crippen LogP contribution in [0.2, 0.25) is 0 Å². The molecule has 2 aromatic rings. The molecule has 0 unspecified atom stereocenters. The van der Waals surface area contributed by atoms with E-state index in [4.69, 9.17) is 5.73 Å². The highest BCUT2D eigenvalue weighted by atomic mass is 15.2. The molecule has 0 spiro atoms. The van der Waals surface area contributed by atoms with Gasteiger partial charge in [-0.15, -0.1) is 0 Å². The number of aromatic nitrogens is 1. The van der Waals surface area contributed by atoms with E-state index in [2.05, 4.69) is 35.0 Å². The number of nitrogens with zero attached hydrogens (tertiary/aromatic N) is 2. The molecule has 1 aromatic carbocycles. The van der Waals surface area contributed by atoms with Crippen molar-refractivity contribution < 1.29 is 0 Å². The molecule has 19 heavy (non-hydrogen) atoms. The maximum atomic E-state index is 5.74. The molecule has 3 heteroatoms. The first kappa shape index (κ1) is 12.0. The molecule has 1 heterocycles. The molecule has 1 aliphatic rings. The molecule has 3 nitrogen and oxygen atoms in total. The molecular formula is C16H19N3. The van der Waals surface area contributed by atoms with Crippen LogP contribution in [0.15, 0.2) is 42.6 Å². The van der Waals surface area contributed by atoms with Gasteiger partial charge in [0, 0.05) is 24.5 Å². The largest absolute Gasteiger partial charge is 0.399 e. The molecule has 0 bridgehead atoms. The van der Waals surface area contributed by atoms with Crippen molar-refractivity contribution in [2.75, 3.05) is 10.6 Å². The van der Waals surface area contributed by atoms with Gasteiger partial charge >= 0.3 is 0 Å². The summed E-state index contributed by atoms with van der Waals surface area (Å²) < 4.78 is 0. The van der Waals surface area contributed by atoms with E-state index in [0.29, 0.717) is 6.04 Å². The predicted molar refractivity (Wildman–Crippen MR) is 79.0 cm³/mol. The summed E-state index contributed by atoms with van der Waals surface area (Å²) in [5.74, 6) is 1.11. The first-order valence-electron chi connectivity index (χ1n) is 6.77. The zero-order valence-corrected chi connectivity index (χ0v) is 11.2. The van der Waals surface area contributed by atoms with E-state index >= 15 is 0 Å². The maximum Gasteiger partial charge on any atom is 0.131 e. The van der Waals surface area contributed by atoms with Gasteiger partial charge in [-0.1, -0.05) is 18.2 Å². The Morgan fingerprint density at radius 3 is 2.58 bits per heavy atom. The van der Waals surface area contributed by atoms with Crippen LogP contribution in [0.3, 0.4) is 0 Å². The van der Waals surface area contributed by atoms with Crippen LogP contribution in [0.25, 0.3) is 0 Å². The van der Waals surface area contributed by atoms with Crippen LogP contribution in [-0.2, 0) is 6.54 Å². The van der Waals surface area contributed by atoms with Crippen LogP contribution >= 0.6 is 0 Å². The van der Waals surface area contributed by atoms with Gasteiger partial charge in [0.1, 0.15) is 5.82 Å². The van der Waals surface area contributed by atoms with E-state index in [0.717, 1.165) is 18.1 Å². The minimum atomic E-state index is 0.645. The summed E-state index contributed by atoms with van der Waals surface area (Å²) in [5.41, 5.74) is 9.08. The van der Waals surface area contributed by atoms with E-state index in [-0.39, 0.29) is 0 Å². The summed E-state index contributed by atoms with van der Waals surface area (Å²) >= 11 is 0. The van der Waals surface area contributed by atoms with E-state index in [1.165, 1.54) is 24.0 Å². The quantitative estimate of drug-likeness (QED) is 0.851. The zero-order valence-electron chi connectivity index (χ0n) is 11.2. The average Bonchev–Trinajstić information content (AvgIpc) is 3.24. The number of hydrogen-bond donors (Lipinski definition) is 1. The molecule has 0 saturated heterocycles. The fourth-order valence-corrected chi connectivity index (χ4v) is 2.36. The normalized spacial score (nSPS) is 14.4. The third-order valence-electron chi connectivity index (χ3n) is 3.57. The predicted octanol–water partition coefficient (Wildman–Crippen LogP) is 3.14. The summed E-state index contributed by atoms with van der Waals surface area (Å²) in [6.07, 6.45) is 4.41. The highest BCUT2D eigenvalue weighted by Gasteiger charge is 2.30. The summed E-state index contributed by atoms with van der Waals surface area (Å²) in [6.45, 7) is 3.03. The summed E-state index contributed by atoms with van der Waals surface area (Å²) in [5, 5.41) is 0. The minimum Gasteiger partial charge on any atom is -0.399 e. The molecule has 0 amide bonds. The molecular weight excluding hydrogens is 234 g/mol. The SMILES string of the molecule is Cc1cccnc1N(Cc1ccc(N)cc1)C1CC1. The number of rotatable bonds is 4. The highest BCUT2D eigenvalue weighted by molar-refractivity contribution is 5.49. The van der Waals surface area contributed by atoms with Crippen molar-refractivity contribution in [3.8, 4) is 0 Å². The zero-order chi connectivity index (χ0) is 13.2. The van der Waals surface area contributed by atoms with Crippen molar-refractivity contribution in [3.63, 3.8) is 0 Å². The lowest BCUT2D eigenvalue weighted by atomic mass is 10.1. The van der Waals surface area contributed by atoms with Crippen molar-refractivity contribution in [3.05, 3.63) is 53.7 Å². The second-order valence-corrected chi connectivity index (χ2v) is 5.24. The lowest BCUT2D eigenvalue weighted by Gasteiger charge is -2.25. The Bertz CT molecular complexity index is 558. The lowest BCUT2D eigenvalue weighted by Crippen LogP contribution is -2.26. The standard InChI is InChI=1S/C16H19N3/c1-12-3-2-10-18-16(12)19(15-8-9-15)11-13-4-6-14(17)7-5-13/h2-7,10,15H,8-9,11,17H2,1H3. The van der Waals surface area contributed by atoms with Gasteiger partial charge in [-0.2, -0.15) is 0 Å². The Balaban J connectivity index is 1.86. The number of benzene rings is 1. The number of pyridine rings is 1. The Hall–Kier alpha value is -2.03. The van der Waals surface area contributed by atoms with Gasteiger partial charge < -0.3 is 10.6 Å². The minimum absolute atomic E-state index is 0.645. The number of anilines is 2. The monoisotopic (exact) mass is 253 g/mol. The number of nitrogens with two attached hydrogens (primary N) is 1. The van der Waals surface area contributed by atoms with E-state index in [1.807, 2.05) is 24.4 Å². The smallest absolute Gasteiger partial charge is 0.131 e. The third-order valence-corrected chi connectivity index (χ3v) is 3.57. The van der Waals surface area contributed by atoms with E-state index < -0.39 is 0 Å². The molecule has 1 saturated carbocycles. The summed E-state index contributed by atoms with van der Waals surface area (Å²) in [7, 11) is 0. The molecule has 98 valence electrons. The Kier molecular flexibility index (Phi) is 3.11. The van der Waals surface area contributed by atoms with E-state index in [9.17, 15) is 0 Å². The van der Waals surface area contributed by atoms with Gasteiger partial charge in [-0.3, -0.25) is 0 Å². The number of aryl methyl sites for hydroxylation is 1. The van der Waals surface area contributed by atoms with Crippen LogP contribution in [0.5, 0.6) is 0 Å². The van der Waals surface area contributed by atoms with Crippen LogP contribution < -0.4 is 10.6 Å². The number of hydrogen-bond acceptors (Lipinski definition) is 3. The summed E-state index contributed by atoms with van der Waals surface area (Å²) in [6, 6.07) is 12.9. The fourth-order valence-electron chi connectivity index (χ4n) is 2.36. The topological polar surface area (TPSA) is 42.2 Å². The molecule has 0 radical (unpaired) electrons. The van der Waals surface area contributed by atoms with Crippen molar-refractivity contribution >= 4 is 11.5 Å². The first-order valence-corrected chi connectivity index (χ1v) is 6.77. The Labute approximate surface area is 114 Å². The summed E-state index contributed by atoms with van der Waals surface area (Å²) in [4.78, 5) is 6.97. The highest BCUT2D eigenvalue weighted by Crippen LogP contribution is 2.33. The van der Waals surface area contributed by atoms with Crippen molar-refractivity contribution in [1.29, 1.82) is 0 Å². The van der Waals surface area contributed by atoms with Gasteiger partial charge in [0.05, 0.1) is 0 Å².